The number of phosphoric ester groups is 2. The highest BCUT2D eigenvalue weighted by Gasteiger charge is 2.30. The van der Waals surface area contributed by atoms with Crippen molar-refractivity contribution < 1.29 is 80.2 Å². The fourth-order valence-electron chi connectivity index (χ4n) is 12.1. The molecule has 0 spiro atoms. The standard InChI is InChI=1S/C83H156O17P2/c1-5-9-13-17-21-25-29-33-37-38-42-46-50-54-58-62-66-70-83(88)100-79(74-94-81(86)68-64-60-56-52-48-44-40-35-31-27-23-19-15-11-7-3)76-98-102(91,92)96-72-77(84)71-95-101(89,90)97-75-78(99-82(87)69-65-61-57-53-49-45-41-36-32-28-24-20-16-12-8-4)73-93-80(85)67-63-59-55-51-47-43-39-34-30-26-22-18-14-10-6-2/h24,28,34,36,39,41,77-79,84H,5-23,25-27,29-33,35,37-38,40,42-76H2,1-4H3,(H,89,90)(H,91,92)/b28-24-,39-34-,41-36-/t77-,78+,79+/m0/s1. The van der Waals surface area contributed by atoms with Crippen LogP contribution in [0.15, 0.2) is 36.5 Å². The van der Waals surface area contributed by atoms with Crippen LogP contribution in [0, 0.1) is 0 Å². The van der Waals surface area contributed by atoms with Crippen molar-refractivity contribution in [2.75, 3.05) is 39.6 Å². The van der Waals surface area contributed by atoms with Crippen molar-refractivity contribution in [2.45, 2.75) is 431 Å². The van der Waals surface area contributed by atoms with Crippen LogP contribution < -0.4 is 0 Å². The van der Waals surface area contributed by atoms with Crippen LogP contribution in [-0.2, 0) is 65.4 Å². The van der Waals surface area contributed by atoms with E-state index in [-0.39, 0.29) is 25.7 Å². The van der Waals surface area contributed by atoms with Crippen LogP contribution in [0.1, 0.15) is 413 Å². The summed E-state index contributed by atoms with van der Waals surface area (Å²) in [7, 11) is -9.94. The molecule has 0 saturated carbocycles. The van der Waals surface area contributed by atoms with Crippen LogP contribution in [0.3, 0.4) is 0 Å². The topological polar surface area (TPSA) is 237 Å². The molecular formula is C83H156O17P2. The first-order valence-corrected chi connectivity index (χ1v) is 45.2. The summed E-state index contributed by atoms with van der Waals surface area (Å²) in [6, 6.07) is 0. The van der Waals surface area contributed by atoms with Crippen molar-refractivity contribution >= 4 is 39.5 Å². The minimum Gasteiger partial charge on any atom is -0.462 e. The smallest absolute Gasteiger partial charge is 0.462 e. The highest BCUT2D eigenvalue weighted by atomic mass is 31.2. The van der Waals surface area contributed by atoms with Gasteiger partial charge < -0.3 is 33.8 Å². The third-order valence-corrected chi connectivity index (χ3v) is 20.5. The summed E-state index contributed by atoms with van der Waals surface area (Å²) < 4.78 is 68.8. The van der Waals surface area contributed by atoms with Crippen molar-refractivity contribution in [3.05, 3.63) is 36.5 Å². The Bertz CT molecular complexity index is 2070. The Morgan fingerprint density at radius 3 is 0.755 bits per heavy atom. The van der Waals surface area contributed by atoms with Crippen molar-refractivity contribution in [1.82, 2.24) is 0 Å². The van der Waals surface area contributed by atoms with Crippen molar-refractivity contribution in [3.8, 4) is 0 Å². The summed E-state index contributed by atoms with van der Waals surface area (Å²) in [5.41, 5.74) is 0. The monoisotopic (exact) mass is 1490 g/mol. The van der Waals surface area contributed by atoms with E-state index in [1.54, 1.807) is 0 Å². The third-order valence-electron chi connectivity index (χ3n) is 18.6. The van der Waals surface area contributed by atoms with Gasteiger partial charge in [0.05, 0.1) is 26.4 Å². The molecule has 0 rings (SSSR count). The number of phosphoric acid groups is 2. The fourth-order valence-corrected chi connectivity index (χ4v) is 13.7. The molecule has 0 aromatic rings. The van der Waals surface area contributed by atoms with Gasteiger partial charge in [-0.1, -0.05) is 340 Å². The zero-order chi connectivity index (χ0) is 74.6. The number of allylic oxidation sites excluding steroid dienone is 6. The van der Waals surface area contributed by atoms with E-state index in [0.29, 0.717) is 25.7 Å². The van der Waals surface area contributed by atoms with Gasteiger partial charge in [-0.2, -0.15) is 0 Å². The molecule has 2 unspecified atom stereocenters. The van der Waals surface area contributed by atoms with Gasteiger partial charge in [-0.3, -0.25) is 37.3 Å². The minimum absolute atomic E-state index is 0.0836. The highest BCUT2D eigenvalue weighted by molar-refractivity contribution is 7.47. The van der Waals surface area contributed by atoms with Gasteiger partial charge in [0, 0.05) is 25.7 Å². The van der Waals surface area contributed by atoms with Crippen molar-refractivity contribution in [2.24, 2.45) is 0 Å². The first-order chi connectivity index (χ1) is 49.7. The molecule has 3 N–H and O–H groups in total. The van der Waals surface area contributed by atoms with E-state index in [1.807, 2.05) is 0 Å². The molecule has 600 valence electrons. The summed E-state index contributed by atoms with van der Waals surface area (Å²) in [6.45, 7) is 4.94. The summed E-state index contributed by atoms with van der Waals surface area (Å²) in [4.78, 5) is 73.1. The quantitative estimate of drug-likeness (QED) is 0.0169. The Morgan fingerprint density at radius 2 is 0.480 bits per heavy atom. The average molecular weight is 1490 g/mol. The number of hydrogen-bond acceptors (Lipinski definition) is 15. The van der Waals surface area contributed by atoms with Gasteiger partial charge in [-0.05, 0) is 83.5 Å². The molecule has 19 heteroatoms. The second kappa shape index (κ2) is 76.5. The Kier molecular flexibility index (Phi) is 74.4. The largest absolute Gasteiger partial charge is 0.472 e. The summed E-state index contributed by atoms with van der Waals surface area (Å²) in [5, 5.41) is 10.7. The lowest BCUT2D eigenvalue weighted by Crippen LogP contribution is -2.30. The molecule has 0 aromatic heterocycles. The summed E-state index contributed by atoms with van der Waals surface area (Å²) >= 11 is 0. The first-order valence-electron chi connectivity index (χ1n) is 42.2. The number of aliphatic hydroxyl groups excluding tert-OH is 1. The molecule has 0 aromatic carbocycles. The number of carbonyl (C=O) groups excluding carboxylic acids is 4. The number of aliphatic hydroxyl groups is 1. The maximum Gasteiger partial charge on any atom is 0.472 e. The zero-order valence-corrected chi connectivity index (χ0v) is 67.6. The normalized spacial score (nSPS) is 14.0. The van der Waals surface area contributed by atoms with Gasteiger partial charge in [0.2, 0.25) is 0 Å². The van der Waals surface area contributed by atoms with E-state index in [1.165, 1.54) is 205 Å². The second-order valence-corrected chi connectivity index (χ2v) is 31.7. The number of rotatable bonds is 81. The van der Waals surface area contributed by atoms with Crippen LogP contribution in [0.2, 0.25) is 0 Å². The van der Waals surface area contributed by atoms with E-state index in [2.05, 4.69) is 64.2 Å². The molecule has 0 aliphatic rings. The lowest BCUT2D eigenvalue weighted by Gasteiger charge is -2.21. The van der Waals surface area contributed by atoms with E-state index >= 15 is 0 Å². The molecule has 0 aliphatic heterocycles. The first kappa shape index (κ1) is 99.3. The van der Waals surface area contributed by atoms with Crippen LogP contribution in [0.5, 0.6) is 0 Å². The predicted octanol–water partition coefficient (Wildman–Crippen LogP) is 24.7. The molecule has 5 atom stereocenters. The van der Waals surface area contributed by atoms with Gasteiger partial charge in [0.25, 0.3) is 0 Å². The lowest BCUT2D eigenvalue weighted by molar-refractivity contribution is -0.161. The lowest BCUT2D eigenvalue weighted by atomic mass is 10.0. The van der Waals surface area contributed by atoms with Gasteiger partial charge in [-0.25, -0.2) is 9.13 Å². The zero-order valence-electron chi connectivity index (χ0n) is 65.8. The molecule has 0 heterocycles. The van der Waals surface area contributed by atoms with E-state index in [4.69, 9.17) is 37.0 Å². The maximum atomic E-state index is 13.1. The van der Waals surface area contributed by atoms with Crippen molar-refractivity contribution in [3.63, 3.8) is 0 Å². The molecule has 0 radical (unpaired) electrons. The van der Waals surface area contributed by atoms with E-state index in [9.17, 15) is 43.2 Å². The van der Waals surface area contributed by atoms with Gasteiger partial charge in [0.1, 0.15) is 19.3 Å². The summed E-state index contributed by atoms with van der Waals surface area (Å²) in [5.74, 6) is -2.15. The molecule has 0 amide bonds. The van der Waals surface area contributed by atoms with Gasteiger partial charge in [-0.15, -0.1) is 0 Å². The van der Waals surface area contributed by atoms with Gasteiger partial charge in [0.15, 0.2) is 12.2 Å². The van der Waals surface area contributed by atoms with Crippen LogP contribution in [0.4, 0.5) is 0 Å². The molecule has 0 bridgehead atoms. The maximum absolute atomic E-state index is 13.1. The van der Waals surface area contributed by atoms with E-state index < -0.39 is 97.5 Å². The number of esters is 4. The van der Waals surface area contributed by atoms with Crippen LogP contribution >= 0.6 is 15.6 Å². The van der Waals surface area contributed by atoms with Crippen LogP contribution in [-0.4, -0.2) is 96.7 Å². The third kappa shape index (κ3) is 75.5. The number of carbonyl (C=O) groups is 4. The molecular weight excluding hydrogens is 1330 g/mol. The molecule has 17 nitrogen and oxygen atoms in total. The number of ether oxygens (including phenoxy) is 4. The minimum atomic E-state index is -4.97. The Morgan fingerprint density at radius 1 is 0.275 bits per heavy atom. The Balaban J connectivity index is 5.32. The fraction of sp³-hybridized carbons (Fsp3) is 0.880. The van der Waals surface area contributed by atoms with Crippen molar-refractivity contribution in [1.29, 1.82) is 0 Å². The average Bonchev–Trinajstić information content (AvgIpc) is 1.10. The molecule has 0 aliphatic carbocycles. The predicted molar refractivity (Wildman–Crippen MR) is 418 cm³/mol. The Hall–Kier alpha value is -2.72. The van der Waals surface area contributed by atoms with E-state index in [0.717, 1.165) is 128 Å². The summed E-state index contributed by atoms with van der Waals surface area (Å²) in [6.07, 6.45) is 73.9. The Labute approximate surface area is 624 Å². The van der Waals surface area contributed by atoms with Gasteiger partial charge >= 0.3 is 39.5 Å². The van der Waals surface area contributed by atoms with Crippen LogP contribution in [0.25, 0.3) is 0 Å². The number of unbranched alkanes of at least 4 members (excludes halogenated alkanes) is 49. The second-order valence-electron chi connectivity index (χ2n) is 28.8. The molecule has 0 fully saturated rings. The molecule has 0 saturated heterocycles. The highest BCUT2D eigenvalue weighted by Crippen LogP contribution is 2.45. The SMILES string of the molecule is CCCCC/C=C\C/C=C\CCCCCCCC(=O)O[C@H](COC(=O)CCCCCCC/C=C\CCCCCCCC)COP(=O)(O)OC[C@H](O)COP(=O)(O)OC[C@@H](COC(=O)CCCCCCCCCCCCCCCCC)OC(=O)CCCCCCCCCCCCCCCCCCC. The number of hydrogen-bond donors (Lipinski definition) is 3. The molecule has 102 heavy (non-hydrogen) atoms.